The molecule has 0 radical (unpaired) electrons. The number of carbonyl (C=O) groups excluding carboxylic acids is 2. The van der Waals surface area contributed by atoms with E-state index in [-0.39, 0.29) is 49.2 Å². The minimum atomic E-state index is -0.711. The summed E-state index contributed by atoms with van der Waals surface area (Å²) in [4.78, 5) is 25.7. The van der Waals surface area contributed by atoms with Crippen molar-refractivity contribution >= 4 is 42.3 Å². The van der Waals surface area contributed by atoms with Crippen molar-refractivity contribution < 1.29 is 14.3 Å². The van der Waals surface area contributed by atoms with Gasteiger partial charge in [-0.05, 0) is 31.0 Å². The van der Waals surface area contributed by atoms with E-state index in [2.05, 4.69) is 10.2 Å². The molecule has 9 heteroatoms. The average molecular weight is 407 g/mol. The predicted molar refractivity (Wildman–Crippen MR) is 107 cm³/mol. The van der Waals surface area contributed by atoms with Gasteiger partial charge in [0, 0.05) is 25.9 Å². The third kappa shape index (κ3) is 7.09. The molecule has 1 saturated heterocycles. The molecule has 1 aliphatic heterocycles. The topological polar surface area (TPSA) is 111 Å². The highest BCUT2D eigenvalue weighted by molar-refractivity contribution is 5.95. The van der Waals surface area contributed by atoms with E-state index in [0.29, 0.717) is 13.1 Å². The molecule has 0 spiro atoms. The fraction of sp³-hybridized carbons (Fsp3) is 0.529. The zero-order valence-electron chi connectivity index (χ0n) is 14.8. The smallest absolute Gasteiger partial charge is 0.243 e. The van der Waals surface area contributed by atoms with Gasteiger partial charge in [-0.1, -0.05) is 18.2 Å². The molecule has 0 bridgehead atoms. The van der Waals surface area contributed by atoms with Crippen LogP contribution in [0.2, 0.25) is 0 Å². The number of para-hydroxylation sites is 1. The molecule has 5 N–H and O–H groups in total. The molecule has 0 saturated carbocycles. The maximum atomic E-state index is 12.1. The quantitative estimate of drug-likeness (QED) is 0.628. The second kappa shape index (κ2) is 12.1. The normalized spacial score (nSPS) is 18.2. The molecule has 148 valence electrons. The van der Waals surface area contributed by atoms with E-state index in [1.54, 1.807) is 0 Å². The van der Waals surface area contributed by atoms with Gasteiger partial charge in [-0.25, -0.2) is 0 Å². The third-order valence-corrected chi connectivity index (χ3v) is 4.26. The molecule has 1 aromatic rings. The fourth-order valence-corrected chi connectivity index (χ4v) is 2.93. The summed E-state index contributed by atoms with van der Waals surface area (Å²) in [6.45, 7) is 2.39. The maximum absolute atomic E-state index is 12.1. The Bertz CT molecular complexity index is 589. The summed E-state index contributed by atoms with van der Waals surface area (Å²) in [7, 11) is 1.51. The molecule has 7 nitrogen and oxygen atoms in total. The van der Waals surface area contributed by atoms with Crippen LogP contribution in [0.1, 0.15) is 18.4 Å². The lowest BCUT2D eigenvalue weighted by Crippen LogP contribution is -2.41. The van der Waals surface area contributed by atoms with E-state index >= 15 is 0 Å². The number of primary amides is 1. The molecule has 0 aliphatic carbocycles. The van der Waals surface area contributed by atoms with Crippen LogP contribution in [0.5, 0.6) is 0 Å². The Kier molecular flexibility index (Phi) is 11.4. The number of nitrogens with two attached hydrogens (primary N) is 2. The van der Waals surface area contributed by atoms with Crippen LogP contribution < -0.4 is 16.8 Å². The average Bonchev–Trinajstić information content (AvgIpc) is 2.57. The number of hydrogen-bond acceptors (Lipinski definition) is 5. The van der Waals surface area contributed by atoms with Gasteiger partial charge in [-0.15, -0.1) is 24.8 Å². The number of nitrogens with one attached hydrogen (secondary N) is 1. The third-order valence-electron chi connectivity index (χ3n) is 4.26. The first-order chi connectivity index (χ1) is 11.5. The highest BCUT2D eigenvalue weighted by Gasteiger charge is 2.24. The molecule has 1 aromatic carbocycles. The number of ether oxygens (including phenoxy) is 1. The van der Waals surface area contributed by atoms with Crippen molar-refractivity contribution in [1.82, 2.24) is 4.90 Å². The largest absolute Gasteiger partial charge is 0.383 e. The number of likely N-dealkylation sites (tertiary alicyclic amines) is 1. The summed E-state index contributed by atoms with van der Waals surface area (Å²) in [5.41, 5.74) is 12.9. The Labute approximate surface area is 166 Å². The van der Waals surface area contributed by atoms with Gasteiger partial charge in [0.1, 0.15) is 6.04 Å². The van der Waals surface area contributed by atoms with Crippen molar-refractivity contribution in [2.75, 3.05) is 32.1 Å². The summed E-state index contributed by atoms with van der Waals surface area (Å²) in [6, 6.07) is 6.89. The summed E-state index contributed by atoms with van der Waals surface area (Å²) < 4.78 is 4.91. The van der Waals surface area contributed by atoms with Gasteiger partial charge < -0.3 is 21.5 Å². The fourth-order valence-electron chi connectivity index (χ4n) is 2.93. The highest BCUT2D eigenvalue weighted by Crippen LogP contribution is 2.22. The van der Waals surface area contributed by atoms with Gasteiger partial charge in [0.15, 0.2) is 0 Å². The lowest BCUT2D eigenvalue weighted by atomic mass is 9.97. The minimum absolute atomic E-state index is 0. The number of nitrogens with zero attached hydrogens (tertiary/aromatic N) is 1. The lowest BCUT2D eigenvalue weighted by Gasteiger charge is -2.31. The summed E-state index contributed by atoms with van der Waals surface area (Å²) in [5, 5.41) is 2.86. The SMILES string of the molecule is COCC(N)C(=O)Nc1ccccc1CN1CCCC(C(N)=O)C1.Cl.Cl. The summed E-state index contributed by atoms with van der Waals surface area (Å²) in [5.74, 6) is -0.625. The number of benzene rings is 1. The predicted octanol–water partition coefficient (Wildman–Crippen LogP) is 1.14. The van der Waals surface area contributed by atoms with Crippen molar-refractivity contribution in [3.8, 4) is 0 Å². The van der Waals surface area contributed by atoms with Gasteiger partial charge in [0.25, 0.3) is 0 Å². The maximum Gasteiger partial charge on any atom is 0.243 e. The van der Waals surface area contributed by atoms with Crippen LogP contribution in [0, 0.1) is 5.92 Å². The second-order valence-corrected chi connectivity index (χ2v) is 6.18. The molecule has 1 fully saturated rings. The second-order valence-electron chi connectivity index (χ2n) is 6.18. The lowest BCUT2D eigenvalue weighted by molar-refractivity contribution is -0.123. The number of anilines is 1. The molecule has 0 aromatic heterocycles. The van der Waals surface area contributed by atoms with E-state index in [4.69, 9.17) is 16.2 Å². The zero-order valence-corrected chi connectivity index (χ0v) is 16.5. The van der Waals surface area contributed by atoms with Crippen LogP contribution in [0.4, 0.5) is 5.69 Å². The first-order valence-electron chi connectivity index (χ1n) is 8.16. The van der Waals surface area contributed by atoms with Crippen molar-refractivity contribution in [3.63, 3.8) is 0 Å². The Morgan fingerprint density at radius 3 is 2.69 bits per heavy atom. The highest BCUT2D eigenvalue weighted by atomic mass is 35.5. The molecular formula is C17H28Cl2N4O3. The van der Waals surface area contributed by atoms with Gasteiger partial charge in [-0.3, -0.25) is 14.5 Å². The Hall–Kier alpha value is -1.38. The summed E-state index contributed by atoms with van der Waals surface area (Å²) in [6.07, 6.45) is 1.79. The number of amides is 2. The van der Waals surface area contributed by atoms with E-state index in [0.717, 1.165) is 30.6 Å². The van der Waals surface area contributed by atoms with Crippen LogP contribution in [0.25, 0.3) is 0 Å². The van der Waals surface area contributed by atoms with Crippen LogP contribution in [-0.4, -0.2) is 49.6 Å². The number of halogens is 2. The van der Waals surface area contributed by atoms with Crippen LogP contribution in [0.15, 0.2) is 24.3 Å². The minimum Gasteiger partial charge on any atom is -0.383 e. The molecule has 2 atom stereocenters. The van der Waals surface area contributed by atoms with Crippen LogP contribution >= 0.6 is 24.8 Å². The van der Waals surface area contributed by atoms with Gasteiger partial charge >= 0.3 is 0 Å². The number of methoxy groups -OCH3 is 1. The zero-order chi connectivity index (χ0) is 17.5. The molecular weight excluding hydrogens is 379 g/mol. The monoisotopic (exact) mass is 406 g/mol. The van der Waals surface area contributed by atoms with E-state index in [1.165, 1.54) is 7.11 Å². The van der Waals surface area contributed by atoms with Gasteiger partial charge in [0.2, 0.25) is 11.8 Å². The number of hydrogen-bond donors (Lipinski definition) is 3. The van der Waals surface area contributed by atoms with E-state index in [1.807, 2.05) is 24.3 Å². The van der Waals surface area contributed by atoms with Crippen molar-refractivity contribution in [1.29, 1.82) is 0 Å². The van der Waals surface area contributed by atoms with Gasteiger partial charge in [0.05, 0.1) is 12.5 Å². The van der Waals surface area contributed by atoms with Crippen molar-refractivity contribution in [2.45, 2.75) is 25.4 Å². The van der Waals surface area contributed by atoms with E-state index in [9.17, 15) is 9.59 Å². The van der Waals surface area contributed by atoms with E-state index < -0.39 is 6.04 Å². The molecule has 1 heterocycles. The first kappa shape index (κ1) is 24.6. The molecule has 2 rings (SSSR count). The molecule has 26 heavy (non-hydrogen) atoms. The number of carbonyl (C=O) groups is 2. The van der Waals surface area contributed by atoms with Crippen LogP contribution in [0.3, 0.4) is 0 Å². The van der Waals surface area contributed by atoms with Crippen LogP contribution in [-0.2, 0) is 20.9 Å². The first-order valence-corrected chi connectivity index (χ1v) is 8.16. The molecule has 2 unspecified atom stereocenters. The molecule has 2 amide bonds. The van der Waals surface area contributed by atoms with Crippen molar-refractivity contribution in [3.05, 3.63) is 29.8 Å². The Morgan fingerprint density at radius 2 is 2.04 bits per heavy atom. The number of piperidine rings is 1. The molecule has 1 aliphatic rings. The Balaban J connectivity index is 0.00000312. The standard InChI is InChI=1S/C17H26N4O3.2ClH/c1-24-11-14(18)17(23)20-15-7-3-2-5-12(15)9-21-8-4-6-13(10-21)16(19)22;;/h2-3,5,7,13-14H,4,6,8-11,18H2,1H3,(H2,19,22)(H,20,23);2*1H. The Morgan fingerprint density at radius 1 is 1.35 bits per heavy atom. The van der Waals surface area contributed by atoms with Crippen molar-refractivity contribution in [2.24, 2.45) is 17.4 Å². The number of rotatable bonds is 7. The van der Waals surface area contributed by atoms with Gasteiger partial charge in [-0.2, -0.15) is 0 Å². The summed E-state index contributed by atoms with van der Waals surface area (Å²) >= 11 is 0.